The number of alkyl halides is 1. The van der Waals surface area contributed by atoms with Gasteiger partial charge in [0.2, 0.25) is 0 Å². The number of nitrogens with zero attached hydrogens (tertiary/aromatic N) is 2. The molecule has 0 spiro atoms. The molecule has 0 radical (unpaired) electrons. The average molecular weight is 462 g/mol. The van der Waals surface area contributed by atoms with Crippen molar-refractivity contribution < 1.29 is 14.0 Å². The van der Waals surface area contributed by atoms with Crippen LogP contribution in [0.1, 0.15) is 31.2 Å². The molecule has 166 valence electrons. The van der Waals surface area contributed by atoms with Gasteiger partial charge in [0.05, 0.1) is 6.20 Å². The van der Waals surface area contributed by atoms with Crippen molar-refractivity contribution in [3.8, 4) is 0 Å². The Balaban J connectivity index is 1.45. The van der Waals surface area contributed by atoms with Crippen LogP contribution in [-0.4, -0.2) is 21.8 Å². The molecule has 0 fully saturated rings. The van der Waals surface area contributed by atoms with Gasteiger partial charge in [0.25, 0.3) is 11.8 Å². The summed E-state index contributed by atoms with van der Waals surface area (Å²) >= 11 is 1.19. The average Bonchev–Trinajstić information content (AvgIpc) is 3.30. The van der Waals surface area contributed by atoms with E-state index in [1.807, 2.05) is 19.1 Å². The monoisotopic (exact) mass is 461 g/mol. The van der Waals surface area contributed by atoms with Crippen LogP contribution in [-0.2, 0) is 6.67 Å². The fraction of sp³-hybridized carbons (Fsp3) is 0.0833. The van der Waals surface area contributed by atoms with E-state index in [-0.39, 0.29) is 11.8 Å². The van der Waals surface area contributed by atoms with Crippen molar-refractivity contribution in [2.45, 2.75) is 13.6 Å². The number of carbonyl (C=O) groups excluding carboxylic acids is 2. The number of pyridine rings is 1. The van der Waals surface area contributed by atoms with Crippen LogP contribution >= 0.6 is 11.3 Å². The Morgan fingerprint density at radius 3 is 2.64 bits per heavy atom. The standard InChI is InChI=1S/C24H20FN5O2S/c1-15-8-9-17(22(31)28-18-6-4-5-16(11-18)13-25)12-19(15)29-23(32)20-14-27-24(33-20)30-21-7-2-3-10-26-21/h2-12,14H,13H2,1H3,(H,28,31)(H,29,32)(H,26,27,30). The molecule has 0 saturated heterocycles. The molecule has 2 amide bonds. The topological polar surface area (TPSA) is 96.0 Å². The summed E-state index contributed by atoms with van der Waals surface area (Å²) in [5.74, 6) is -0.0653. The van der Waals surface area contributed by atoms with E-state index >= 15 is 0 Å². The number of rotatable bonds is 7. The third-order valence-corrected chi connectivity index (χ3v) is 5.63. The zero-order valence-corrected chi connectivity index (χ0v) is 18.4. The van der Waals surface area contributed by atoms with Crippen LogP contribution in [0.3, 0.4) is 0 Å². The van der Waals surface area contributed by atoms with Gasteiger partial charge in [-0.15, -0.1) is 0 Å². The summed E-state index contributed by atoms with van der Waals surface area (Å²) in [4.78, 5) is 34.2. The van der Waals surface area contributed by atoms with E-state index in [4.69, 9.17) is 0 Å². The van der Waals surface area contributed by atoms with Gasteiger partial charge in [0.1, 0.15) is 17.4 Å². The minimum atomic E-state index is -0.610. The van der Waals surface area contributed by atoms with E-state index < -0.39 is 6.67 Å². The van der Waals surface area contributed by atoms with Gasteiger partial charge in [0, 0.05) is 23.1 Å². The van der Waals surface area contributed by atoms with Gasteiger partial charge < -0.3 is 16.0 Å². The molecule has 2 heterocycles. The summed E-state index contributed by atoms with van der Waals surface area (Å²) in [6.07, 6.45) is 3.14. The lowest BCUT2D eigenvalue weighted by molar-refractivity contribution is 0.101. The molecule has 2 aromatic carbocycles. The van der Waals surface area contributed by atoms with Crippen LogP contribution in [0.2, 0.25) is 0 Å². The van der Waals surface area contributed by atoms with E-state index in [1.165, 1.54) is 17.5 Å². The summed E-state index contributed by atoms with van der Waals surface area (Å²) in [6.45, 7) is 1.23. The number of amides is 2. The first-order valence-electron chi connectivity index (χ1n) is 10.0. The molecule has 0 aliphatic carbocycles. The van der Waals surface area contributed by atoms with E-state index in [0.29, 0.717) is 38.3 Å². The molecule has 0 aliphatic heterocycles. The summed E-state index contributed by atoms with van der Waals surface area (Å²) in [5.41, 5.74) is 2.65. The van der Waals surface area contributed by atoms with Crippen LogP contribution in [0.5, 0.6) is 0 Å². The maximum Gasteiger partial charge on any atom is 0.267 e. The Morgan fingerprint density at radius 2 is 1.85 bits per heavy atom. The first-order chi connectivity index (χ1) is 16.0. The molecule has 0 saturated carbocycles. The van der Waals surface area contributed by atoms with Gasteiger partial charge in [-0.05, 0) is 54.4 Å². The predicted molar refractivity (Wildman–Crippen MR) is 128 cm³/mol. The lowest BCUT2D eigenvalue weighted by Gasteiger charge is -2.11. The van der Waals surface area contributed by atoms with E-state index in [9.17, 15) is 14.0 Å². The van der Waals surface area contributed by atoms with Crippen molar-refractivity contribution in [2.75, 3.05) is 16.0 Å². The maximum atomic E-state index is 12.9. The van der Waals surface area contributed by atoms with Crippen LogP contribution < -0.4 is 16.0 Å². The molecule has 4 rings (SSSR count). The molecular weight excluding hydrogens is 441 g/mol. The molecule has 0 aliphatic rings. The summed E-state index contributed by atoms with van der Waals surface area (Å²) in [5, 5.41) is 9.18. The quantitative estimate of drug-likeness (QED) is 0.335. The molecule has 0 bridgehead atoms. The summed E-state index contributed by atoms with van der Waals surface area (Å²) < 4.78 is 12.9. The molecule has 7 nitrogen and oxygen atoms in total. The van der Waals surface area contributed by atoms with Crippen LogP contribution in [0.25, 0.3) is 0 Å². The van der Waals surface area contributed by atoms with Crippen molar-refractivity contribution in [3.05, 3.63) is 94.6 Å². The normalized spacial score (nSPS) is 10.5. The molecule has 0 unspecified atom stereocenters. The van der Waals surface area contributed by atoms with Crippen LogP contribution in [0.15, 0.2) is 73.1 Å². The fourth-order valence-electron chi connectivity index (χ4n) is 3.00. The van der Waals surface area contributed by atoms with E-state index in [1.54, 1.807) is 54.7 Å². The zero-order chi connectivity index (χ0) is 23.2. The Morgan fingerprint density at radius 1 is 0.970 bits per heavy atom. The number of aryl methyl sites for hydroxylation is 1. The SMILES string of the molecule is Cc1ccc(C(=O)Nc2cccc(CF)c2)cc1NC(=O)c1cnc(Nc2ccccn2)s1. The third-order valence-electron chi connectivity index (χ3n) is 4.72. The number of halogens is 1. The van der Waals surface area contributed by atoms with Gasteiger partial charge in [-0.2, -0.15) is 0 Å². The Labute approximate surface area is 193 Å². The molecule has 9 heteroatoms. The van der Waals surface area contributed by atoms with Gasteiger partial charge in [-0.1, -0.05) is 35.6 Å². The van der Waals surface area contributed by atoms with Crippen molar-refractivity contribution in [1.82, 2.24) is 9.97 Å². The first-order valence-corrected chi connectivity index (χ1v) is 10.9. The van der Waals surface area contributed by atoms with Crippen LogP contribution in [0.4, 0.5) is 26.7 Å². The number of nitrogens with one attached hydrogen (secondary N) is 3. The summed E-state index contributed by atoms with van der Waals surface area (Å²) in [6, 6.07) is 17.1. The van der Waals surface area contributed by atoms with Crippen LogP contribution in [0, 0.1) is 6.92 Å². The highest BCUT2D eigenvalue weighted by Crippen LogP contribution is 2.24. The molecule has 0 atom stereocenters. The lowest BCUT2D eigenvalue weighted by atomic mass is 10.1. The maximum absolute atomic E-state index is 12.9. The number of aromatic nitrogens is 2. The molecule has 2 aromatic heterocycles. The minimum Gasteiger partial charge on any atom is -0.322 e. The van der Waals surface area contributed by atoms with Crippen molar-refractivity contribution in [2.24, 2.45) is 0 Å². The van der Waals surface area contributed by atoms with Gasteiger partial charge in [-0.3, -0.25) is 9.59 Å². The number of carbonyl (C=O) groups is 2. The minimum absolute atomic E-state index is 0.335. The smallest absolute Gasteiger partial charge is 0.267 e. The van der Waals surface area contributed by atoms with Crippen molar-refractivity contribution >= 4 is 45.5 Å². The second-order valence-corrected chi connectivity index (χ2v) is 8.17. The van der Waals surface area contributed by atoms with Crippen molar-refractivity contribution in [1.29, 1.82) is 0 Å². The number of anilines is 4. The summed E-state index contributed by atoms with van der Waals surface area (Å²) in [7, 11) is 0. The first kappa shape index (κ1) is 22.1. The number of hydrogen-bond donors (Lipinski definition) is 3. The van der Waals surface area contributed by atoms with Crippen molar-refractivity contribution in [3.63, 3.8) is 0 Å². The predicted octanol–water partition coefficient (Wildman–Crippen LogP) is 5.56. The molecule has 4 aromatic rings. The third kappa shape index (κ3) is 5.58. The highest BCUT2D eigenvalue weighted by Gasteiger charge is 2.15. The second-order valence-electron chi connectivity index (χ2n) is 7.14. The number of thiazole rings is 1. The lowest BCUT2D eigenvalue weighted by Crippen LogP contribution is -2.15. The van der Waals surface area contributed by atoms with Gasteiger partial charge in [0.15, 0.2) is 5.13 Å². The number of hydrogen-bond acceptors (Lipinski definition) is 6. The number of benzene rings is 2. The highest BCUT2D eigenvalue weighted by molar-refractivity contribution is 7.17. The van der Waals surface area contributed by atoms with E-state index in [0.717, 1.165) is 5.56 Å². The highest BCUT2D eigenvalue weighted by atomic mass is 32.1. The molecule has 3 N–H and O–H groups in total. The zero-order valence-electron chi connectivity index (χ0n) is 17.6. The Kier molecular flexibility index (Phi) is 6.70. The fourth-order valence-corrected chi connectivity index (χ4v) is 3.72. The van der Waals surface area contributed by atoms with Gasteiger partial charge >= 0.3 is 0 Å². The van der Waals surface area contributed by atoms with Gasteiger partial charge in [-0.25, -0.2) is 14.4 Å². The largest absolute Gasteiger partial charge is 0.322 e. The second kappa shape index (κ2) is 10.0. The molecule has 33 heavy (non-hydrogen) atoms. The molecular formula is C24H20FN5O2S. The van der Waals surface area contributed by atoms with E-state index in [2.05, 4.69) is 25.9 Å². The Hall–Kier alpha value is -4.11. The Bertz CT molecular complexity index is 1290.